The molecule has 0 aliphatic carbocycles. The van der Waals surface area contributed by atoms with E-state index in [2.05, 4.69) is 4.98 Å². The van der Waals surface area contributed by atoms with Crippen LogP contribution in [0.25, 0.3) is 11.2 Å². The summed E-state index contributed by atoms with van der Waals surface area (Å²) in [6.45, 7) is 4.19. The van der Waals surface area contributed by atoms with Gasteiger partial charge in [0, 0.05) is 19.8 Å². The Morgan fingerprint density at radius 1 is 1.15 bits per heavy atom. The maximum absolute atomic E-state index is 12.7. The zero-order valence-corrected chi connectivity index (χ0v) is 16.1. The minimum Gasteiger partial charge on any atom is -0.393 e. The number of benzene rings is 1. The summed E-state index contributed by atoms with van der Waals surface area (Å²) in [7, 11) is 3.08. The maximum atomic E-state index is 12.7. The molecular formula is C18H22N4O3S. The van der Waals surface area contributed by atoms with Gasteiger partial charge in [0.15, 0.2) is 16.3 Å². The molecule has 0 bridgehead atoms. The average Bonchev–Trinajstić information content (AvgIpc) is 2.96. The number of fused-ring (bicyclic) bond motifs is 1. The Morgan fingerprint density at radius 3 is 2.42 bits per heavy atom. The van der Waals surface area contributed by atoms with Gasteiger partial charge in [-0.1, -0.05) is 41.6 Å². The Morgan fingerprint density at radius 2 is 1.81 bits per heavy atom. The SMILES string of the molecule is Cc1ccc(Cn2c(SC[C@H](C)O)nc3c2c(=O)n(C)c(=O)n3C)cc1. The van der Waals surface area contributed by atoms with Crippen molar-refractivity contribution in [1.29, 1.82) is 0 Å². The zero-order valence-electron chi connectivity index (χ0n) is 15.3. The van der Waals surface area contributed by atoms with Gasteiger partial charge < -0.3 is 9.67 Å². The van der Waals surface area contributed by atoms with Gasteiger partial charge in [-0.2, -0.15) is 0 Å². The molecule has 0 amide bonds. The maximum Gasteiger partial charge on any atom is 0.332 e. The highest BCUT2D eigenvalue weighted by atomic mass is 32.2. The van der Waals surface area contributed by atoms with Crippen molar-refractivity contribution in [3.63, 3.8) is 0 Å². The van der Waals surface area contributed by atoms with Crippen LogP contribution in [0.15, 0.2) is 39.0 Å². The normalized spacial score (nSPS) is 12.7. The highest BCUT2D eigenvalue weighted by Gasteiger charge is 2.20. The number of rotatable bonds is 5. The summed E-state index contributed by atoms with van der Waals surface area (Å²) in [6.07, 6.45) is -0.501. The summed E-state index contributed by atoms with van der Waals surface area (Å²) in [6, 6.07) is 8.06. The predicted octanol–water partition coefficient (Wildman–Crippen LogP) is 1.26. The topological polar surface area (TPSA) is 82.1 Å². The number of aryl methyl sites for hydroxylation is 2. The van der Waals surface area contributed by atoms with Gasteiger partial charge in [-0.25, -0.2) is 9.78 Å². The van der Waals surface area contributed by atoms with Crippen molar-refractivity contribution in [2.75, 3.05) is 5.75 Å². The van der Waals surface area contributed by atoms with E-state index in [1.807, 2.05) is 35.8 Å². The summed E-state index contributed by atoms with van der Waals surface area (Å²) in [5, 5.41) is 10.2. The van der Waals surface area contributed by atoms with Crippen LogP contribution in [-0.4, -0.2) is 35.6 Å². The van der Waals surface area contributed by atoms with E-state index >= 15 is 0 Å². The highest BCUT2D eigenvalue weighted by Crippen LogP contribution is 2.23. The van der Waals surface area contributed by atoms with E-state index in [0.29, 0.717) is 28.6 Å². The second-order valence-electron chi connectivity index (χ2n) is 6.50. The first-order chi connectivity index (χ1) is 12.3. The predicted molar refractivity (Wildman–Crippen MR) is 103 cm³/mol. The largest absolute Gasteiger partial charge is 0.393 e. The monoisotopic (exact) mass is 374 g/mol. The molecule has 3 aromatic rings. The Balaban J connectivity index is 2.22. The minimum atomic E-state index is -0.501. The van der Waals surface area contributed by atoms with Crippen LogP contribution in [0, 0.1) is 6.92 Å². The molecule has 0 saturated heterocycles. The van der Waals surface area contributed by atoms with Crippen molar-refractivity contribution in [3.8, 4) is 0 Å². The third kappa shape index (κ3) is 3.34. The van der Waals surface area contributed by atoms with Crippen LogP contribution in [0.3, 0.4) is 0 Å². The molecule has 1 aromatic carbocycles. The van der Waals surface area contributed by atoms with E-state index in [0.717, 1.165) is 15.7 Å². The Bertz CT molecular complexity index is 1060. The molecule has 1 N–H and O–H groups in total. The third-order valence-electron chi connectivity index (χ3n) is 4.23. The lowest BCUT2D eigenvalue weighted by molar-refractivity contribution is 0.220. The molecule has 0 aliphatic heterocycles. The van der Waals surface area contributed by atoms with E-state index in [9.17, 15) is 14.7 Å². The van der Waals surface area contributed by atoms with Gasteiger partial charge in [-0.15, -0.1) is 0 Å². The van der Waals surface area contributed by atoms with Crippen LogP contribution in [0.5, 0.6) is 0 Å². The van der Waals surface area contributed by atoms with Gasteiger partial charge in [0.25, 0.3) is 5.56 Å². The summed E-state index contributed by atoms with van der Waals surface area (Å²) < 4.78 is 4.31. The molecule has 0 spiro atoms. The second kappa shape index (κ2) is 7.13. The Hall–Kier alpha value is -2.32. The fourth-order valence-electron chi connectivity index (χ4n) is 2.75. The molecule has 1 atom stereocenters. The Kier molecular flexibility index (Phi) is 5.06. The van der Waals surface area contributed by atoms with Crippen LogP contribution in [0.2, 0.25) is 0 Å². The van der Waals surface area contributed by atoms with Gasteiger partial charge in [-0.3, -0.25) is 13.9 Å². The number of nitrogens with zero attached hydrogens (tertiary/aromatic N) is 4. The first-order valence-corrected chi connectivity index (χ1v) is 9.30. The average molecular weight is 374 g/mol. The molecule has 138 valence electrons. The summed E-state index contributed by atoms with van der Waals surface area (Å²) in [5.41, 5.74) is 2.17. The van der Waals surface area contributed by atoms with Gasteiger partial charge in [0.2, 0.25) is 0 Å². The van der Waals surface area contributed by atoms with E-state index in [1.54, 1.807) is 14.0 Å². The lowest BCUT2D eigenvalue weighted by Gasteiger charge is -2.10. The molecule has 26 heavy (non-hydrogen) atoms. The molecule has 0 aliphatic rings. The van der Waals surface area contributed by atoms with Crippen molar-refractivity contribution in [3.05, 3.63) is 56.2 Å². The third-order valence-corrected chi connectivity index (χ3v) is 5.45. The molecule has 0 radical (unpaired) electrons. The van der Waals surface area contributed by atoms with Crippen LogP contribution in [-0.2, 0) is 20.6 Å². The smallest absolute Gasteiger partial charge is 0.332 e. The zero-order chi connectivity index (χ0) is 19.0. The van der Waals surface area contributed by atoms with Crippen LogP contribution >= 0.6 is 11.8 Å². The van der Waals surface area contributed by atoms with Gasteiger partial charge in [0.1, 0.15) is 0 Å². The minimum absolute atomic E-state index is 0.360. The molecule has 3 rings (SSSR count). The first-order valence-electron chi connectivity index (χ1n) is 8.32. The highest BCUT2D eigenvalue weighted by molar-refractivity contribution is 7.99. The molecule has 0 saturated carbocycles. The van der Waals surface area contributed by atoms with Gasteiger partial charge in [-0.05, 0) is 19.4 Å². The number of hydrogen-bond donors (Lipinski definition) is 1. The molecule has 0 fully saturated rings. The van der Waals surface area contributed by atoms with Gasteiger partial charge in [0.05, 0.1) is 12.6 Å². The lowest BCUT2D eigenvalue weighted by Crippen LogP contribution is -2.37. The van der Waals surface area contributed by atoms with Crippen molar-refractivity contribution in [2.45, 2.75) is 31.7 Å². The molecule has 2 heterocycles. The Labute approximate surface area is 154 Å². The van der Waals surface area contributed by atoms with Crippen LogP contribution in [0.1, 0.15) is 18.1 Å². The quantitative estimate of drug-likeness (QED) is 0.680. The van der Waals surface area contributed by atoms with E-state index in [1.165, 1.54) is 23.4 Å². The molecular weight excluding hydrogens is 352 g/mol. The molecule has 0 unspecified atom stereocenters. The fraction of sp³-hybridized carbons (Fsp3) is 0.389. The number of hydrogen-bond acceptors (Lipinski definition) is 5. The van der Waals surface area contributed by atoms with E-state index in [-0.39, 0.29) is 5.56 Å². The lowest BCUT2D eigenvalue weighted by atomic mass is 10.1. The van der Waals surface area contributed by atoms with Crippen molar-refractivity contribution < 1.29 is 5.11 Å². The number of thioether (sulfide) groups is 1. The summed E-state index contributed by atoms with van der Waals surface area (Å²) >= 11 is 1.37. The molecule has 2 aromatic heterocycles. The van der Waals surface area contributed by atoms with Crippen molar-refractivity contribution >= 4 is 22.9 Å². The van der Waals surface area contributed by atoms with E-state index in [4.69, 9.17) is 0 Å². The van der Waals surface area contributed by atoms with Crippen LogP contribution < -0.4 is 11.2 Å². The second-order valence-corrected chi connectivity index (χ2v) is 7.49. The number of aromatic nitrogens is 4. The van der Waals surface area contributed by atoms with E-state index < -0.39 is 11.8 Å². The first kappa shape index (κ1) is 18.5. The molecule has 8 heteroatoms. The van der Waals surface area contributed by atoms with Crippen LogP contribution in [0.4, 0.5) is 0 Å². The van der Waals surface area contributed by atoms with Crippen molar-refractivity contribution in [2.24, 2.45) is 14.1 Å². The summed E-state index contributed by atoms with van der Waals surface area (Å²) in [4.78, 5) is 29.5. The van der Waals surface area contributed by atoms with Crippen molar-refractivity contribution in [1.82, 2.24) is 18.7 Å². The fourth-order valence-corrected chi connectivity index (χ4v) is 3.61. The van der Waals surface area contributed by atoms with Gasteiger partial charge >= 0.3 is 5.69 Å². The number of aliphatic hydroxyl groups excluding tert-OH is 1. The standard InChI is InChI=1S/C18H22N4O3S/c1-11-5-7-13(8-6-11)9-22-14-15(19-17(22)26-10-12(2)23)20(3)18(25)21(4)16(14)24/h5-8,12,23H,9-10H2,1-4H3/t12-/m0/s1. The number of aliphatic hydroxyl groups is 1. The molecule has 7 nitrogen and oxygen atoms in total. The summed E-state index contributed by atoms with van der Waals surface area (Å²) in [5.74, 6) is 0.450. The number of imidazole rings is 1.